The van der Waals surface area contributed by atoms with Crippen LogP contribution in [0.4, 0.5) is 0 Å². The van der Waals surface area contributed by atoms with E-state index in [1.165, 1.54) is 5.71 Å². The first-order valence-electron chi connectivity index (χ1n) is 3.29. The maximum absolute atomic E-state index is 4.20. The minimum atomic E-state index is 0. The molecule has 0 saturated carbocycles. The third kappa shape index (κ3) is 3.25. The van der Waals surface area contributed by atoms with Gasteiger partial charge < -0.3 is 10.7 Å². The van der Waals surface area contributed by atoms with Gasteiger partial charge in [0.2, 0.25) is 0 Å². The van der Waals surface area contributed by atoms with Crippen molar-refractivity contribution < 1.29 is 18.6 Å². The molecular formula is C6H12N3V-. The smallest absolute Gasteiger partial charge is 0.0344 e. The first-order chi connectivity index (χ1) is 4.43. The fourth-order valence-electron chi connectivity index (χ4n) is 0.923. The monoisotopic (exact) mass is 177 g/mol. The van der Waals surface area contributed by atoms with E-state index in [-0.39, 0.29) is 18.6 Å². The number of nitrogens with zero attached hydrogens (tertiary/aromatic N) is 2. The van der Waals surface area contributed by atoms with Gasteiger partial charge in [0, 0.05) is 31.3 Å². The molecule has 0 aliphatic carbocycles. The topological polar surface area (TPSA) is 38.5 Å². The van der Waals surface area contributed by atoms with Crippen LogP contribution in [-0.4, -0.2) is 25.8 Å². The second kappa shape index (κ2) is 5.77. The van der Waals surface area contributed by atoms with Crippen LogP contribution in [0, 0.1) is 0 Å². The van der Waals surface area contributed by atoms with Crippen molar-refractivity contribution in [2.75, 3.05) is 20.1 Å². The zero-order valence-corrected chi connectivity index (χ0v) is 7.57. The van der Waals surface area contributed by atoms with E-state index in [9.17, 15) is 0 Å². The molecule has 0 aromatic carbocycles. The van der Waals surface area contributed by atoms with E-state index in [1.807, 2.05) is 7.05 Å². The Kier molecular flexibility index (Phi) is 5.78. The predicted molar refractivity (Wildman–Crippen MR) is 38.8 cm³/mol. The Morgan fingerprint density at radius 3 is 2.50 bits per heavy atom. The van der Waals surface area contributed by atoms with Crippen LogP contribution < -0.4 is 5.43 Å². The number of hydrogen-bond donors (Lipinski definition) is 1. The molecule has 0 atom stereocenters. The number of hydrogen-bond acceptors (Lipinski definition) is 2. The van der Waals surface area contributed by atoms with E-state index >= 15 is 0 Å². The number of nitrogens with one attached hydrogen (secondary N) is 1. The molecule has 0 aromatic heterocycles. The molecule has 0 aromatic rings. The van der Waals surface area contributed by atoms with Gasteiger partial charge in [-0.1, -0.05) is 0 Å². The third-order valence-electron chi connectivity index (χ3n) is 1.39. The van der Waals surface area contributed by atoms with Gasteiger partial charge in [0.25, 0.3) is 0 Å². The summed E-state index contributed by atoms with van der Waals surface area (Å²) in [6.07, 6.45) is 2.08. The van der Waals surface area contributed by atoms with Crippen LogP contribution in [0.1, 0.15) is 12.8 Å². The Morgan fingerprint density at radius 2 is 2.00 bits per heavy atom. The molecule has 10 heavy (non-hydrogen) atoms. The van der Waals surface area contributed by atoms with Gasteiger partial charge >= 0.3 is 0 Å². The van der Waals surface area contributed by atoms with Gasteiger partial charge in [0.05, 0.1) is 0 Å². The summed E-state index contributed by atoms with van der Waals surface area (Å²) in [4.78, 5) is 0. The zero-order valence-electron chi connectivity index (χ0n) is 6.17. The van der Waals surface area contributed by atoms with Gasteiger partial charge in [0.1, 0.15) is 0 Å². The molecule has 1 heterocycles. The minimum Gasteiger partial charge on any atom is -0.662 e. The molecule has 0 spiro atoms. The molecule has 1 saturated heterocycles. The van der Waals surface area contributed by atoms with Crippen LogP contribution in [-0.2, 0) is 18.6 Å². The molecule has 0 amide bonds. The molecule has 57 valence electrons. The minimum absolute atomic E-state index is 0. The summed E-state index contributed by atoms with van der Waals surface area (Å²) in [5.74, 6) is 0. The van der Waals surface area contributed by atoms with Crippen molar-refractivity contribution in [2.24, 2.45) is 5.10 Å². The van der Waals surface area contributed by atoms with E-state index in [0.717, 1.165) is 25.9 Å². The molecule has 0 unspecified atom stereocenters. The average molecular weight is 177 g/mol. The molecule has 1 N–H and O–H groups in total. The second-order valence-electron chi connectivity index (χ2n) is 2.07. The van der Waals surface area contributed by atoms with Crippen LogP contribution in [0.2, 0.25) is 0 Å². The van der Waals surface area contributed by atoms with Gasteiger partial charge in [-0.3, -0.25) is 0 Å². The Morgan fingerprint density at radius 1 is 1.40 bits per heavy atom. The summed E-state index contributed by atoms with van der Waals surface area (Å²) < 4.78 is 0. The van der Waals surface area contributed by atoms with Gasteiger partial charge in [-0.25, -0.2) is 0 Å². The fourth-order valence-corrected chi connectivity index (χ4v) is 0.923. The third-order valence-corrected chi connectivity index (χ3v) is 1.39. The van der Waals surface area contributed by atoms with Crippen molar-refractivity contribution >= 4 is 5.71 Å². The summed E-state index contributed by atoms with van der Waals surface area (Å²) >= 11 is 0. The van der Waals surface area contributed by atoms with Crippen molar-refractivity contribution in [2.45, 2.75) is 12.8 Å². The van der Waals surface area contributed by atoms with Crippen molar-refractivity contribution in [3.8, 4) is 0 Å². The molecule has 1 aliphatic rings. The van der Waals surface area contributed by atoms with Crippen LogP contribution in [0.5, 0.6) is 0 Å². The first-order valence-corrected chi connectivity index (χ1v) is 3.29. The predicted octanol–water partition coefficient (Wildman–Crippen LogP) is 0.727. The van der Waals surface area contributed by atoms with E-state index in [2.05, 4.69) is 15.8 Å². The summed E-state index contributed by atoms with van der Waals surface area (Å²) in [7, 11) is 1.83. The number of piperidine rings is 1. The van der Waals surface area contributed by atoms with Crippen molar-refractivity contribution in [3.63, 3.8) is 0 Å². The quantitative estimate of drug-likeness (QED) is 0.589. The molecule has 1 rings (SSSR count). The van der Waals surface area contributed by atoms with E-state index < -0.39 is 0 Å². The van der Waals surface area contributed by atoms with Gasteiger partial charge in [0.15, 0.2) is 0 Å². The molecule has 4 heteroatoms. The normalized spacial score (nSPS) is 17.5. The van der Waals surface area contributed by atoms with Crippen molar-refractivity contribution in [1.82, 2.24) is 5.43 Å². The van der Waals surface area contributed by atoms with Gasteiger partial charge in [-0.05, 0) is 12.8 Å². The average Bonchev–Trinajstić information content (AvgIpc) is 1.91. The second-order valence-corrected chi connectivity index (χ2v) is 2.07. The fraction of sp³-hybridized carbons (Fsp3) is 0.833. The first kappa shape index (κ1) is 10.0. The number of rotatable bonds is 1. The van der Waals surface area contributed by atoms with Crippen molar-refractivity contribution in [1.29, 1.82) is 0 Å². The van der Waals surface area contributed by atoms with Crippen LogP contribution in [0.15, 0.2) is 5.10 Å². The van der Waals surface area contributed by atoms with Crippen molar-refractivity contribution in [3.05, 3.63) is 5.32 Å². The van der Waals surface area contributed by atoms with Crippen LogP contribution in [0.3, 0.4) is 0 Å². The summed E-state index contributed by atoms with van der Waals surface area (Å²) in [6.45, 7) is 1.92. The Hall–Kier alpha value is 0.0144. The van der Waals surface area contributed by atoms with E-state index in [0.29, 0.717) is 0 Å². The SMILES string of the molecule is CNN=C1CC[N-]CC1.[V]. The molecule has 1 radical (unpaired) electrons. The summed E-state index contributed by atoms with van der Waals surface area (Å²) in [5.41, 5.74) is 4.04. The molecule has 1 fully saturated rings. The van der Waals surface area contributed by atoms with E-state index in [4.69, 9.17) is 0 Å². The molecule has 0 bridgehead atoms. The Bertz CT molecular complexity index is 106. The van der Waals surface area contributed by atoms with Crippen LogP contribution in [0.25, 0.3) is 5.32 Å². The standard InChI is InChI=1S/C6H12N3.V/c1-7-9-6-2-4-8-5-3-6;/h7H,2-5H2,1H3;/q-1;. The number of hydrazone groups is 1. The molecular weight excluding hydrogens is 165 g/mol. The molecule has 1 aliphatic heterocycles. The summed E-state index contributed by atoms with van der Waals surface area (Å²) in [5, 5.41) is 8.29. The molecule has 3 nitrogen and oxygen atoms in total. The largest absolute Gasteiger partial charge is 0.662 e. The maximum Gasteiger partial charge on any atom is 0.0344 e. The van der Waals surface area contributed by atoms with Gasteiger partial charge in [-0.15, -0.1) is 13.1 Å². The van der Waals surface area contributed by atoms with Gasteiger partial charge in [-0.2, -0.15) is 5.10 Å². The Labute approximate surface area is 73.5 Å². The van der Waals surface area contributed by atoms with E-state index in [1.54, 1.807) is 0 Å². The summed E-state index contributed by atoms with van der Waals surface area (Å²) in [6, 6.07) is 0. The maximum atomic E-state index is 4.20. The zero-order chi connectivity index (χ0) is 6.53. The Balaban J connectivity index is 0.000000810. The van der Waals surface area contributed by atoms with Crippen LogP contribution >= 0.6 is 0 Å².